The Morgan fingerprint density at radius 2 is 1.30 bits per heavy atom. The summed E-state index contributed by atoms with van der Waals surface area (Å²) < 4.78 is 33.4. The monoisotopic (exact) mass is 870 g/mol. The van der Waals surface area contributed by atoms with Gasteiger partial charge in [0.2, 0.25) is 0 Å². The van der Waals surface area contributed by atoms with E-state index in [-0.39, 0.29) is 34.9 Å². The van der Waals surface area contributed by atoms with Gasteiger partial charge in [0.15, 0.2) is 0 Å². The first-order valence-corrected chi connectivity index (χ1v) is 21.9. The number of aromatic nitrogens is 2. The topological polar surface area (TPSA) is 110 Å². The second-order valence-electron chi connectivity index (χ2n) is 14.5. The molecular formula is C49H46N2O8Se. The van der Waals surface area contributed by atoms with E-state index < -0.39 is 40.1 Å². The van der Waals surface area contributed by atoms with Crippen LogP contribution in [0.25, 0.3) is 10.8 Å². The number of methoxy groups -OCH3 is 2. The van der Waals surface area contributed by atoms with Gasteiger partial charge in [-0.3, -0.25) is 0 Å². The van der Waals surface area contributed by atoms with Gasteiger partial charge >= 0.3 is 356 Å². The molecule has 8 rings (SSSR count). The van der Waals surface area contributed by atoms with Crippen molar-refractivity contribution in [1.82, 2.24) is 9.13 Å². The number of fused-ring (bicyclic) bond motifs is 1. The Morgan fingerprint density at radius 3 is 1.97 bits per heavy atom. The van der Waals surface area contributed by atoms with Crippen molar-refractivity contribution in [3.05, 3.63) is 213 Å². The van der Waals surface area contributed by atoms with Gasteiger partial charge in [-0.15, -0.1) is 0 Å². The molecule has 60 heavy (non-hydrogen) atoms. The van der Waals surface area contributed by atoms with Crippen LogP contribution < -0.4 is 20.7 Å². The van der Waals surface area contributed by atoms with Crippen molar-refractivity contribution in [3.63, 3.8) is 0 Å². The van der Waals surface area contributed by atoms with Crippen LogP contribution in [-0.4, -0.2) is 62.2 Å². The second kappa shape index (κ2) is 18.6. The molecule has 0 unspecified atom stereocenters. The van der Waals surface area contributed by atoms with Gasteiger partial charge in [0, 0.05) is 0 Å². The maximum atomic E-state index is 14.2. The molecule has 4 atom stereocenters. The van der Waals surface area contributed by atoms with Gasteiger partial charge < -0.3 is 0 Å². The number of aliphatic hydroxyl groups excluding tert-OH is 1. The molecule has 0 radical (unpaired) electrons. The van der Waals surface area contributed by atoms with Gasteiger partial charge in [-0.05, 0) is 0 Å². The van der Waals surface area contributed by atoms with E-state index in [1.807, 2.05) is 127 Å². The average Bonchev–Trinajstić information content (AvgIpc) is 3.61. The molecule has 2 heterocycles. The molecule has 11 heteroatoms. The molecule has 0 spiro atoms. The summed E-state index contributed by atoms with van der Waals surface area (Å²) in [5.41, 5.74) is 2.34. The van der Waals surface area contributed by atoms with Crippen molar-refractivity contribution in [2.45, 2.75) is 47.5 Å². The van der Waals surface area contributed by atoms with Crippen LogP contribution in [-0.2, 0) is 38.5 Å². The van der Waals surface area contributed by atoms with Gasteiger partial charge in [-0.2, -0.15) is 0 Å². The van der Waals surface area contributed by atoms with Crippen molar-refractivity contribution in [2.24, 2.45) is 0 Å². The molecule has 0 aliphatic carbocycles. The molecule has 1 N–H and O–H groups in total. The molecule has 1 aromatic heterocycles. The van der Waals surface area contributed by atoms with Crippen molar-refractivity contribution >= 4 is 25.7 Å². The van der Waals surface area contributed by atoms with Gasteiger partial charge in [-0.1, -0.05) is 0 Å². The molecule has 1 aliphatic rings. The van der Waals surface area contributed by atoms with E-state index in [2.05, 4.69) is 24.3 Å². The summed E-state index contributed by atoms with van der Waals surface area (Å²) in [6.07, 6.45) is -1.31. The third-order valence-corrected chi connectivity index (χ3v) is 13.8. The van der Waals surface area contributed by atoms with Crippen LogP contribution in [0.5, 0.6) is 11.5 Å². The molecule has 0 bridgehead atoms. The van der Waals surface area contributed by atoms with Crippen LogP contribution in [0.2, 0.25) is 4.82 Å². The van der Waals surface area contributed by atoms with E-state index in [0.29, 0.717) is 16.8 Å². The van der Waals surface area contributed by atoms with E-state index >= 15 is 0 Å². The molecule has 0 saturated carbocycles. The van der Waals surface area contributed by atoms with Crippen molar-refractivity contribution < 1.29 is 28.8 Å². The SMILES string of the molecule is COc1ccc(C(OC[C@H]2O[C@@H](n3ccc(=O)n(COCc4ccccc4)c3=O)[C@H]([Se]Cc3cccc4ccccc34)[C@@H]2O)(c2ccccc2)c2ccc(OC)cc2)cc1. The summed E-state index contributed by atoms with van der Waals surface area (Å²) in [4.78, 5) is 26.9. The Balaban J connectivity index is 1.15. The Kier molecular flexibility index (Phi) is 12.7. The Hall–Kier alpha value is -5.78. The molecule has 306 valence electrons. The van der Waals surface area contributed by atoms with Gasteiger partial charge in [0.25, 0.3) is 0 Å². The van der Waals surface area contributed by atoms with E-state index in [1.54, 1.807) is 14.2 Å². The quantitative estimate of drug-likeness (QED) is 0.0796. The molecule has 1 fully saturated rings. The summed E-state index contributed by atoms with van der Waals surface area (Å²) in [6, 6.07) is 50.8. The summed E-state index contributed by atoms with van der Waals surface area (Å²) in [7, 11) is 3.25. The molecule has 1 saturated heterocycles. The van der Waals surface area contributed by atoms with Gasteiger partial charge in [0.05, 0.1) is 0 Å². The van der Waals surface area contributed by atoms with Gasteiger partial charge in [0.1, 0.15) is 0 Å². The van der Waals surface area contributed by atoms with Crippen LogP contribution in [0.15, 0.2) is 174 Å². The van der Waals surface area contributed by atoms with Gasteiger partial charge in [-0.25, -0.2) is 0 Å². The number of rotatable bonds is 16. The molecule has 1 aliphatic heterocycles. The van der Waals surface area contributed by atoms with E-state index in [1.165, 1.54) is 16.8 Å². The molecule has 10 nitrogen and oxygen atoms in total. The van der Waals surface area contributed by atoms with Crippen LogP contribution in [0.4, 0.5) is 0 Å². The third-order valence-electron chi connectivity index (χ3n) is 11.0. The molecule has 7 aromatic rings. The van der Waals surface area contributed by atoms with Crippen LogP contribution in [0, 0.1) is 0 Å². The Bertz CT molecular complexity index is 2560. The molecule has 6 aromatic carbocycles. The molecular weight excluding hydrogens is 824 g/mol. The number of hydrogen-bond donors (Lipinski definition) is 1. The normalized spacial score (nSPS) is 17.8. The standard InChI is InChI=1S/C49H46N2O8Se/c1-55-40-24-20-38(21-25-40)49(37-17-7-4-8-18-37,39-22-26-41(56-2)27-23-39)58-31-43-45(53)46(60-32-36-16-11-15-35-14-9-10-19-42(35)36)47(59-43)50-29-28-44(52)51(48(50)54)33-57-30-34-12-5-3-6-13-34/h3-29,43,45-47,53H,30-33H2,1-2H3/t43-,45-,46-,47-/m1/s1. The maximum absolute atomic E-state index is 14.2. The Labute approximate surface area is 354 Å². The predicted octanol–water partition coefficient (Wildman–Crippen LogP) is 7.31. The van der Waals surface area contributed by atoms with E-state index in [9.17, 15) is 14.7 Å². The number of ether oxygens (including phenoxy) is 5. The number of benzene rings is 6. The minimum absolute atomic E-state index is 0.0416. The van der Waals surface area contributed by atoms with Crippen molar-refractivity contribution in [3.8, 4) is 11.5 Å². The molecule has 0 amide bonds. The average molecular weight is 870 g/mol. The second-order valence-corrected chi connectivity index (χ2v) is 17.0. The summed E-state index contributed by atoms with van der Waals surface area (Å²) in [5, 5.41) is 15.3. The fraction of sp³-hybridized carbons (Fsp3) is 0.224. The zero-order valence-electron chi connectivity index (χ0n) is 33.3. The first-order chi connectivity index (χ1) is 29.4. The van der Waals surface area contributed by atoms with Crippen LogP contribution in [0.1, 0.15) is 34.0 Å². The summed E-state index contributed by atoms with van der Waals surface area (Å²) in [6.45, 7) is -0.0631. The minimum atomic E-state index is -1.16. The number of nitrogens with zero attached hydrogens (tertiary/aromatic N) is 2. The number of hydrogen-bond acceptors (Lipinski definition) is 8. The first kappa shape index (κ1) is 41.0. The van der Waals surface area contributed by atoms with E-state index in [0.717, 1.165) is 43.2 Å². The van der Waals surface area contributed by atoms with E-state index in [4.69, 9.17) is 23.7 Å². The summed E-state index contributed by atoms with van der Waals surface area (Å²) >= 11 is -0.282. The fourth-order valence-corrected chi connectivity index (χ4v) is 10.7. The Morgan fingerprint density at radius 1 is 0.700 bits per heavy atom. The fourth-order valence-electron chi connectivity index (χ4n) is 7.82. The first-order valence-electron chi connectivity index (χ1n) is 19.7. The number of aliphatic hydroxyl groups is 1. The third kappa shape index (κ3) is 8.46. The zero-order valence-corrected chi connectivity index (χ0v) is 35.0. The van der Waals surface area contributed by atoms with Crippen LogP contribution >= 0.6 is 0 Å². The zero-order chi connectivity index (χ0) is 41.5. The van der Waals surface area contributed by atoms with Crippen LogP contribution in [0.3, 0.4) is 0 Å². The van der Waals surface area contributed by atoms with Crippen molar-refractivity contribution in [2.75, 3.05) is 20.8 Å². The summed E-state index contributed by atoms with van der Waals surface area (Å²) in [5.74, 6) is 1.39. The predicted molar refractivity (Wildman–Crippen MR) is 232 cm³/mol. The van der Waals surface area contributed by atoms with Crippen molar-refractivity contribution in [1.29, 1.82) is 0 Å².